The van der Waals surface area contributed by atoms with E-state index in [-0.39, 0.29) is 17.6 Å². The highest BCUT2D eigenvalue weighted by atomic mass is 19.1. The Morgan fingerprint density at radius 2 is 2.00 bits per heavy atom. The first-order chi connectivity index (χ1) is 17.5. The van der Waals surface area contributed by atoms with Crippen molar-refractivity contribution in [1.29, 1.82) is 0 Å². The van der Waals surface area contributed by atoms with Crippen molar-refractivity contribution in [3.63, 3.8) is 0 Å². The van der Waals surface area contributed by atoms with E-state index in [0.717, 1.165) is 36.9 Å². The number of hydroxylamine groups is 1. The number of aryl methyl sites for hydroxylation is 1. The van der Waals surface area contributed by atoms with Crippen LogP contribution in [0.3, 0.4) is 0 Å². The molecule has 0 saturated heterocycles. The molecule has 1 amide bonds. The number of carbonyl (C=O) groups excluding carboxylic acids is 1. The molecular formula is C29H28FN3O3. The summed E-state index contributed by atoms with van der Waals surface area (Å²) in [7, 11) is 0. The predicted octanol–water partition coefficient (Wildman–Crippen LogP) is 5.26. The molecule has 0 fully saturated rings. The van der Waals surface area contributed by atoms with Gasteiger partial charge in [-0.15, -0.1) is 0 Å². The van der Waals surface area contributed by atoms with Crippen LogP contribution in [-0.4, -0.2) is 32.6 Å². The van der Waals surface area contributed by atoms with E-state index >= 15 is 0 Å². The van der Waals surface area contributed by atoms with Gasteiger partial charge in [0, 0.05) is 47.9 Å². The van der Waals surface area contributed by atoms with Gasteiger partial charge < -0.3 is 10.1 Å². The minimum Gasteiger partial charge on any atom is -0.508 e. The Bertz CT molecular complexity index is 1430. The lowest BCUT2D eigenvalue weighted by Crippen LogP contribution is -2.29. The van der Waals surface area contributed by atoms with Crippen LogP contribution >= 0.6 is 0 Å². The third kappa shape index (κ3) is 5.03. The molecule has 3 aromatic carbocycles. The van der Waals surface area contributed by atoms with Gasteiger partial charge in [0.05, 0.1) is 0 Å². The van der Waals surface area contributed by atoms with Crippen molar-refractivity contribution in [3.8, 4) is 5.75 Å². The average molecular weight is 486 g/mol. The number of halogens is 1. The normalized spacial score (nSPS) is 15.1. The van der Waals surface area contributed by atoms with Gasteiger partial charge in [0.25, 0.3) is 5.91 Å². The van der Waals surface area contributed by atoms with Crippen LogP contribution in [0.1, 0.15) is 40.3 Å². The summed E-state index contributed by atoms with van der Waals surface area (Å²) >= 11 is 0. The van der Waals surface area contributed by atoms with Gasteiger partial charge in [0.15, 0.2) is 0 Å². The van der Waals surface area contributed by atoms with Crippen LogP contribution in [0.4, 0.5) is 4.39 Å². The molecule has 6 nitrogen and oxygen atoms in total. The van der Waals surface area contributed by atoms with Gasteiger partial charge >= 0.3 is 0 Å². The molecule has 4 aromatic rings. The van der Waals surface area contributed by atoms with Crippen LogP contribution in [0, 0.1) is 5.82 Å². The third-order valence-corrected chi connectivity index (χ3v) is 6.95. The fourth-order valence-electron chi connectivity index (χ4n) is 5.15. The average Bonchev–Trinajstić information content (AvgIpc) is 3.51. The number of hydrogen-bond acceptors (Lipinski definition) is 4. The zero-order valence-corrected chi connectivity index (χ0v) is 19.7. The fourth-order valence-corrected chi connectivity index (χ4v) is 5.15. The second kappa shape index (κ2) is 10.4. The number of rotatable bonds is 8. The Balaban J connectivity index is 1.42. The molecule has 1 aliphatic rings. The third-order valence-electron chi connectivity index (χ3n) is 6.95. The van der Waals surface area contributed by atoms with E-state index in [1.165, 1.54) is 46.4 Å². The van der Waals surface area contributed by atoms with E-state index in [1.54, 1.807) is 11.6 Å². The van der Waals surface area contributed by atoms with Crippen LogP contribution in [0.15, 0.2) is 72.9 Å². The topological polar surface area (TPSA) is 88.6 Å². The van der Waals surface area contributed by atoms with Crippen LogP contribution in [0.5, 0.6) is 5.75 Å². The van der Waals surface area contributed by atoms with E-state index in [0.29, 0.717) is 12.1 Å². The Morgan fingerprint density at radius 1 is 1.14 bits per heavy atom. The van der Waals surface area contributed by atoms with Crippen molar-refractivity contribution in [2.45, 2.75) is 31.8 Å². The van der Waals surface area contributed by atoms with Crippen molar-refractivity contribution < 1.29 is 19.5 Å². The molecule has 5 rings (SSSR count). The monoisotopic (exact) mass is 485 g/mol. The molecule has 0 radical (unpaired) electrons. The number of para-hydroxylation sites is 1. The number of aromatic hydroxyl groups is 1. The van der Waals surface area contributed by atoms with Crippen LogP contribution in [0.2, 0.25) is 0 Å². The summed E-state index contributed by atoms with van der Waals surface area (Å²) < 4.78 is 14.0. The fraction of sp³-hybridized carbons (Fsp3) is 0.207. The van der Waals surface area contributed by atoms with Crippen molar-refractivity contribution >= 4 is 22.9 Å². The summed E-state index contributed by atoms with van der Waals surface area (Å²) in [4.78, 5) is 17.0. The first-order valence-electron chi connectivity index (χ1n) is 12.0. The van der Waals surface area contributed by atoms with Gasteiger partial charge in [0.1, 0.15) is 11.6 Å². The first kappa shape index (κ1) is 23.8. The van der Waals surface area contributed by atoms with Crippen molar-refractivity contribution in [2.24, 2.45) is 0 Å². The smallest absolute Gasteiger partial charge is 0.267 e. The van der Waals surface area contributed by atoms with Gasteiger partial charge in [-0.25, -0.2) is 9.87 Å². The first-order valence-corrected chi connectivity index (χ1v) is 12.0. The molecule has 1 heterocycles. The molecule has 0 saturated carbocycles. The maximum Gasteiger partial charge on any atom is 0.267 e. The largest absolute Gasteiger partial charge is 0.508 e. The Labute approximate surface area is 208 Å². The van der Waals surface area contributed by atoms with E-state index in [4.69, 9.17) is 5.21 Å². The number of aromatic nitrogens is 1. The quantitative estimate of drug-likeness (QED) is 0.156. The molecule has 1 unspecified atom stereocenters. The highest BCUT2D eigenvalue weighted by Gasteiger charge is 2.29. The zero-order valence-electron chi connectivity index (χ0n) is 19.7. The lowest BCUT2D eigenvalue weighted by Gasteiger charge is -2.30. The number of nitrogens with one attached hydrogen (secondary N) is 2. The number of hydrogen-bond donors (Lipinski definition) is 4. The predicted molar refractivity (Wildman–Crippen MR) is 137 cm³/mol. The number of benzene rings is 3. The minimum atomic E-state index is -0.577. The molecule has 1 aromatic heterocycles. The summed E-state index contributed by atoms with van der Waals surface area (Å²) in [6.07, 6.45) is 7.60. The number of carbonyl (C=O) groups is 1. The second-order valence-electron chi connectivity index (χ2n) is 9.18. The second-order valence-corrected chi connectivity index (χ2v) is 9.18. The van der Waals surface area contributed by atoms with E-state index in [2.05, 4.69) is 34.1 Å². The summed E-state index contributed by atoms with van der Waals surface area (Å²) in [5, 5.41) is 20.3. The SMILES string of the molecule is O=C(C=Cc1ccc2c(c1)CCC2N(CCc1c[nH]c2ccccc12)Cc1cc(F)ccc1O)NO. The molecule has 0 aliphatic heterocycles. The van der Waals surface area contributed by atoms with Crippen molar-refractivity contribution in [1.82, 2.24) is 15.4 Å². The Morgan fingerprint density at radius 3 is 2.86 bits per heavy atom. The maximum atomic E-state index is 14.0. The number of phenolic OH excluding ortho intramolecular Hbond substituents is 1. The molecule has 1 atom stereocenters. The molecule has 1 aliphatic carbocycles. The zero-order chi connectivity index (χ0) is 25.1. The molecule has 7 heteroatoms. The summed E-state index contributed by atoms with van der Waals surface area (Å²) in [6, 6.07) is 18.5. The van der Waals surface area contributed by atoms with Gasteiger partial charge in [-0.3, -0.25) is 14.9 Å². The summed E-state index contributed by atoms with van der Waals surface area (Å²) in [6.45, 7) is 1.16. The Hall–Kier alpha value is -3.94. The molecule has 0 spiro atoms. The lowest BCUT2D eigenvalue weighted by molar-refractivity contribution is -0.124. The molecule has 4 N–H and O–H groups in total. The van der Waals surface area contributed by atoms with E-state index in [1.807, 2.05) is 24.4 Å². The van der Waals surface area contributed by atoms with Crippen LogP contribution in [-0.2, 0) is 24.2 Å². The number of H-pyrrole nitrogens is 1. The van der Waals surface area contributed by atoms with Crippen molar-refractivity contribution in [2.75, 3.05) is 6.54 Å². The number of nitrogens with zero attached hydrogens (tertiary/aromatic N) is 1. The van der Waals surface area contributed by atoms with Gasteiger partial charge in [0.2, 0.25) is 0 Å². The Kier molecular flexibility index (Phi) is 6.84. The molecule has 184 valence electrons. The molecule has 36 heavy (non-hydrogen) atoms. The van der Waals surface area contributed by atoms with Crippen molar-refractivity contribution in [3.05, 3.63) is 107 Å². The number of aromatic amines is 1. The summed E-state index contributed by atoms with van der Waals surface area (Å²) in [5.41, 5.74) is 7.77. The van der Waals surface area contributed by atoms with Gasteiger partial charge in [-0.1, -0.05) is 36.4 Å². The maximum absolute atomic E-state index is 14.0. The lowest BCUT2D eigenvalue weighted by atomic mass is 10.0. The molecular weight excluding hydrogens is 457 g/mol. The van der Waals surface area contributed by atoms with E-state index < -0.39 is 5.91 Å². The van der Waals surface area contributed by atoms with Crippen LogP contribution < -0.4 is 5.48 Å². The summed E-state index contributed by atoms with van der Waals surface area (Å²) in [5.74, 6) is -0.851. The van der Waals surface area contributed by atoms with E-state index in [9.17, 15) is 14.3 Å². The standard InChI is InChI=1S/C29H28FN3O3/c30-23-8-11-28(34)22(16-23)18-33(14-13-21-17-31-26-4-2-1-3-24(21)26)27-10-7-20-15-19(5-9-25(20)27)6-12-29(35)32-36/h1-6,8-9,11-12,15-17,27,31,34,36H,7,10,13-14,18H2,(H,32,35). The molecule has 0 bridgehead atoms. The van der Waals surface area contributed by atoms with Crippen LogP contribution in [0.25, 0.3) is 17.0 Å². The number of amides is 1. The highest BCUT2D eigenvalue weighted by molar-refractivity contribution is 5.90. The number of phenols is 1. The van der Waals surface area contributed by atoms with Gasteiger partial charge in [-0.05, 0) is 71.9 Å². The minimum absolute atomic E-state index is 0.0920. The van der Waals surface area contributed by atoms with Gasteiger partial charge in [-0.2, -0.15) is 0 Å². The highest BCUT2D eigenvalue weighted by Crippen LogP contribution is 2.38. The number of fused-ring (bicyclic) bond motifs is 2.